The lowest BCUT2D eigenvalue weighted by Crippen LogP contribution is -2.52. The fourth-order valence-corrected chi connectivity index (χ4v) is 5.22. The van der Waals surface area contributed by atoms with E-state index in [9.17, 15) is 24.9 Å². The zero-order valence-corrected chi connectivity index (χ0v) is 25.3. The summed E-state index contributed by atoms with van der Waals surface area (Å²) < 4.78 is 5.41. The lowest BCUT2D eigenvalue weighted by molar-refractivity contribution is -0.271. The van der Waals surface area contributed by atoms with Crippen LogP contribution in [0.1, 0.15) is 43.5 Å². The van der Waals surface area contributed by atoms with Crippen LogP contribution in [0.5, 0.6) is 0 Å². The van der Waals surface area contributed by atoms with Crippen LogP contribution in [0.3, 0.4) is 0 Å². The number of nitrogens with one attached hydrogen (secondary N) is 3. The summed E-state index contributed by atoms with van der Waals surface area (Å²) in [4.78, 5) is 29.4. The predicted molar refractivity (Wildman–Crippen MR) is 167 cm³/mol. The summed E-state index contributed by atoms with van der Waals surface area (Å²) in [5, 5.41) is 41.8. The summed E-state index contributed by atoms with van der Waals surface area (Å²) >= 11 is 0. The van der Waals surface area contributed by atoms with Crippen LogP contribution in [0.4, 0.5) is 9.59 Å². The number of H-pyrrole nitrogens is 1. The largest absolute Gasteiger partial charge is 0.530 e. The standard InChI is InChI=1S/C34H42N4O6/c1-34(2,3)44-32(41)37-28(18-23-12-6-4-7-13-23)29(39)20-35-21-30(40)31(26-19-36-27-17-11-10-16-25(26)27)38(33(42)43)22-24-14-8-5-9-15-24/h4-17,19,28-31,35-36,39-40H,18,20-22H2,1-3H3,(H,37,41)(H,42,43)/p-1/t28-,29+,30+,31-/m0/s1. The second-order valence-electron chi connectivity index (χ2n) is 11.8. The highest BCUT2D eigenvalue weighted by atomic mass is 16.6. The van der Waals surface area contributed by atoms with Crippen molar-refractivity contribution in [1.82, 2.24) is 20.5 Å². The quantitative estimate of drug-likeness (QED) is 0.157. The second-order valence-corrected chi connectivity index (χ2v) is 11.8. The molecule has 5 N–H and O–H groups in total. The van der Waals surface area contributed by atoms with Gasteiger partial charge in [-0.25, -0.2) is 4.79 Å². The van der Waals surface area contributed by atoms with Crippen molar-refractivity contribution in [1.29, 1.82) is 0 Å². The van der Waals surface area contributed by atoms with Crippen molar-refractivity contribution in [3.05, 3.63) is 108 Å². The minimum atomic E-state index is -1.42. The van der Waals surface area contributed by atoms with E-state index in [0.29, 0.717) is 12.0 Å². The molecule has 234 valence electrons. The molecule has 2 amide bonds. The molecule has 1 heterocycles. The van der Waals surface area contributed by atoms with Crippen molar-refractivity contribution in [2.45, 2.75) is 63.6 Å². The molecule has 0 radical (unpaired) electrons. The number of aromatic nitrogens is 1. The van der Waals surface area contributed by atoms with Gasteiger partial charge in [-0.1, -0.05) is 78.9 Å². The number of aliphatic hydroxyl groups excluding tert-OH is 2. The SMILES string of the molecule is CC(C)(C)OC(=O)N[C@@H](Cc1ccccc1)[C@H](O)CNC[C@@H](O)[C@H](c1c[nH]c2ccccc12)N(Cc1ccccc1)C(=O)[O-]. The Morgan fingerprint density at radius 1 is 0.886 bits per heavy atom. The average molecular weight is 602 g/mol. The predicted octanol–water partition coefficient (Wildman–Crippen LogP) is 3.50. The Kier molecular flexibility index (Phi) is 11.0. The van der Waals surface area contributed by atoms with Crippen LogP contribution in [0.15, 0.2) is 91.1 Å². The lowest BCUT2D eigenvalue weighted by atomic mass is 9.97. The number of fused-ring (bicyclic) bond motifs is 1. The molecule has 4 atom stereocenters. The van der Waals surface area contributed by atoms with E-state index in [2.05, 4.69) is 15.6 Å². The number of para-hydroxylation sites is 1. The topological polar surface area (TPSA) is 150 Å². The number of aromatic amines is 1. The summed E-state index contributed by atoms with van der Waals surface area (Å²) in [5.74, 6) is 0. The van der Waals surface area contributed by atoms with Gasteiger partial charge >= 0.3 is 6.09 Å². The molecule has 0 aliphatic carbocycles. The number of aliphatic hydroxyl groups is 2. The number of carboxylic acid groups (broad SMARTS) is 1. The Labute approximate surface area is 257 Å². The number of benzene rings is 3. The van der Waals surface area contributed by atoms with E-state index in [-0.39, 0.29) is 19.6 Å². The Balaban J connectivity index is 1.51. The molecule has 1 aromatic heterocycles. The number of rotatable bonds is 13. The lowest BCUT2D eigenvalue weighted by Gasteiger charge is -2.37. The van der Waals surface area contributed by atoms with Crippen molar-refractivity contribution in [2.75, 3.05) is 13.1 Å². The van der Waals surface area contributed by atoms with Crippen LogP contribution in [-0.4, -0.2) is 69.2 Å². The van der Waals surface area contributed by atoms with Crippen LogP contribution in [-0.2, 0) is 17.7 Å². The van der Waals surface area contributed by atoms with Gasteiger partial charge in [-0.2, -0.15) is 0 Å². The summed E-state index contributed by atoms with van der Waals surface area (Å²) in [6.45, 7) is 5.24. The van der Waals surface area contributed by atoms with E-state index < -0.39 is 42.1 Å². The minimum Gasteiger partial charge on any atom is -0.530 e. The van der Waals surface area contributed by atoms with E-state index in [1.807, 2.05) is 84.9 Å². The molecule has 4 rings (SSSR count). The average Bonchev–Trinajstić information content (AvgIpc) is 3.40. The van der Waals surface area contributed by atoms with Crippen molar-refractivity contribution in [3.63, 3.8) is 0 Å². The van der Waals surface area contributed by atoms with Gasteiger partial charge in [0.2, 0.25) is 0 Å². The van der Waals surface area contributed by atoms with Crippen LogP contribution in [0.25, 0.3) is 10.9 Å². The van der Waals surface area contributed by atoms with Gasteiger partial charge in [-0.3, -0.25) is 0 Å². The molecule has 3 aromatic carbocycles. The molecule has 0 fully saturated rings. The van der Waals surface area contributed by atoms with Crippen LogP contribution in [0.2, 0.25) is 0 Å². The van der Waals surface area contributed by atoms with Crippen molar-refractivity contribution in [3.8, 4) is 0 Å². The van der Waals surface area contributed by atoms with Crippen LogP contribution >= 0.6 is 0 Å². The molecule has 0 saturated carbocycles. The van der Waals surface area contributed by atoms with Gasteiger partial charge in [0.25, 0.3) is 0 Å². The zero-order chi connectivity index (χ0) is 31.7. The van der Waals surface area contributed by atoms with Crippen molar-refractivity contribution < 1.29 is 29.6 Å². The fraction of sp³-hybridized carbons (Fsp3) is 0.353. The highest BCUT2D eigenvalue weighted by Gasteiger charge is 2.31. The Morgan fingerprint density at radius 3 is 2.11 bits per heavy atom. The first-order chi connectivity index (χ1) is 21.0. The van der Waals surface area contributed by atoms with E-state index >= 15 is 0 Å². The summed E-state index contributed by atoms with van der Waals surface area (Å²) in [6, 6.07) is 24.3. The third kappa shape index (κ3) is 9.06. The third-order valence-electron chi connectivity index (χ3n) is 7.24. The molecular weight excluding hydrogens is 560 g/mol. The molecule has 0 aliphatic rings. The highest BCUT2D eigenvalue weighted by molar-refractivity contribution is 5.84. The monoisotopic (exact) mass is 601 g/mol. The maximum atomic E-state index is 12.6. The van der Waals surface area contributed by atoms with Crippen molar-refractivity contribution in [2.24, 2.45) is 0 Å². The number of carbonyl (C=O) groups is 2. The number of ether oxygens (including phenoxy) is 1. The number of amides is 2. The van der Waals surface area contributed by atoms with Crippen molar-refractivity contribution >= 4 is 23.1 Å². The molecular formula is C34H41N4O6-. The Bertz CT molecular complexity index is 1490. The molecule has 0 unspecified atom stereocenters. The molecule has 0 bridgehead atoms. The van der Waals surface area contributed by atoms with Gasteiger partial charge in [0, 0.05) is 42.3 Å². The third-order valence-corrected chi connectivity index (χ3v) is 7.24. The fourth-order valence-electron chi connectivity index (χ4n) is 5.22. The maximum absolute atomic E-state index is 12.6. The first-order valence-electron chi connectivity index (χ1n) is 14.7. The van der Waals surface area contributed by atoms with Gasteiger partial charge in [0.05, 0.1) is 24.3 Å². The molecule has 44 heavy (non-hydrogen) atoms. The number of carbonyl (C=O) groups excluding carboxylic acids is 2. The number of hydrogen-bond donors (Lipinski definition) is 5. The summed E-state index contributed by atoms with van der Waals surface area (Å²) in [6.07, 6.45) is -2.29. The zero-order valence-electron chi connectivity index (χ0n) is 25.3. The molecule has 0 aliphatic heterocycles. The summed E-state index contributed by atoms with van der Waals surface area (Å²) in [7, 11) is 0. The highest BCUT2D eigenvalue weighted by Crippen LogP contribution is 2.32. The van der Waals surface area contributed by atoms with Crippen LogP contribution in [0, 0.1) is 0 Å². The van der Waals surface area contributed by atoms with Gasteiger partial charge in [0.15, 0.2) is 0 Å². The first-order valence-corrected chi connectivity index (χ1v) is 14.7. The number of nitrogens with zero attached hydrogens (tertiary/aromatic N) is 1. The molecule has 0 spiro atoms. The number of hydrogen-bond acceptors (Lipinski definition) is 7. The molecule has 10 nitrogen and oxygen atoms in total. The van der Waals surface area contributed by atoms with Gasteiger partial charge in [-0.15, -0.1) is 0 Å². The second kappa shape index (κ2) is 14.9. The smallest absolute Gasteiger partial charge is 0.407 e. The Morgan fingerprint density at radius 2 is 1.48 bits per heavy atom. The van der Waals surface area contributed by atoms with Gasteiger partial charge < -0.3 is 45.4 Å². The molecule has 10 heteroatoms. The molecule has 0 saturated heterocycles. The normalized spacial score (nSPS) is 14.4. The minimum absolute atomic E-state index is 0.00594. The van der Waals surface area contributed by atoms with E-state index in [0.717, 1.165) is 26.9 Å². The maximum Gasteiger partial charge on any atom is 0.407 e. The molecule has 4 aromatic rings. The van der Waals surface area contributed by atoms with E-state index in [1.165, 1.54) is 0 Å². The van der Waals surface area contributed by atoms with Crippen LogP contribution < -0.4 is 15.7 Å². The summed E-state index contributed by atoms with van der Waals surface area (Å²) in [5.41, 5.74) is 2.35. The van der Waals surface area contributed by atoms with Gasteiger partial charge in [-0.05, 0) is 44.4 Å². The first kappa shape index (κ1) is 32.5. The van der Waals surface area contributed by atoms with E-state index in [4.69, 9.17) is 4.74 Å². The van der Waals surface area contributed by atoms with E-state index in [1.54, 1.807) is 27.0 Å². The number of alkyl carbamates (subject to hydrolysis) is 1. The van der Waals surface area contributed by atoms with Gasteiger partial charge in [0.1, 0.15) is 11.7 Å². The Hall–Kier alpha value is -4.38.